The molecular weight excluding hydrogens is 222 g/mol. The predicted octanol–water partition coefficient (Wildman–Crippen LogP) is 0.943. The van der Waals surface area contributed by atoms with Crippen LogP contribution in [0.3, 0.4) is 0 Å². The topological polar surface area (TPSA) is 80.7 Å². The number of carboxylic acid groups (broad SMARTS) is 1. The Morgan fingerprint density at radius 3 is 2.07 bits per heavy atom. The first-order valence-electron chi connectivity index (χ1n) is 4.60. The Labute approximate surface area is 89.3 Å². The maximum Gasteiger partial charge on any atom is 0.531 e. The van der Waals surface area contributed by atoms with Crippen LogP contribution < -0.4 is 0 Å². The van der Waals surface area contributed by atoms with Gasteiger partial charge in [0.1, 0.15) is 18.2 Å². The van der Waals surface area contributed by atoms with E-state index in [1.807, 2.05) is 0 Å². The summed E-state index contributed by atoms with van der Waals surface area (Å²) in [5.74, 6) is 0. The maximum absolute atomic E-state index is 11.8. The summed E-state index contributed by atoms with van der Waals surface area (Å²) in [6.07, 6.45) is -2.00. The van der Waals surface area contributed by atoms with E-state index in [0.29, 0.717) is 0 Å². The fourth-order valence-corrected chi connectivity index (χ4v) is 3.71. The number of carbonyl (C=O) groups is 1. The molecule has 0 aromatic rings. The monoisotopic (exact) mass is 238 g/mol. The molecule has 1 amide bonds. The zero-order valence-electron chi connectivity index (χ0n) is 9.22. The van der Waals surface area contributed by atoms with Gasteiger partial charge in [0, 0.05) is 0 Å². The van der Waals surface area contributed by atoms with Crippen LogP contribution in [0, 0.1) is 0 Å². The number of amides is 1. The lowest BCUT2D eigenvalue weighted by Crippen LogP contribution is -2.64. The smallest absolute Gasteiger partial charge is 0.434 e. The lowest BCUT2D eigenvalue weighted by Gasteiger charge is -2.35. The van der Waals surface area contributed by atoms with E-state index in [2.05, 4.69) is 0 Å². The van der Waals surface area contributed by atoms with Gasteiger partial charge in [-0.15, -0.1) is 8.42 Å². The van der Waals surface area contributed by atoms with Crippen molar-refractivity contribution in [3.05, 3.63) is 0 Å². The molecule has 0 aromatic carbocycles. The molecule has 2 atom stereocenters. The van der Waals surface area contributed by atoms with Crippen LogP contribution >= 0.6 is 0 Å². The van der Waals surface area contributed by atoms with Gasteiger partial charge >= 0.3 is 16.4 Å². The van der Waals surface area contributed by atoms with Crippen molar-refractivity contribution in [2.24, 2.45) is 0 Å². The van der Waals surface area contributed by atoms with Gasteiger partial charge in [0.25, 0.3) is 0 Å². The Kier molecular flexibility index (Phi) is 2.62. The zero-order valence-corrected chi connectivity index (χ0v) is 10.0. The average molecular weight is 238 g/mol. The van der Waals surface area contributed by atoms with Crippen LogP contribution in [0.15, 0.2) is 0 Å². The summed E-state index contributed by atoms with van der Waals surface area (Å²) in [6, 6.07) is 0. The summed E-state index contributed by atoms with van der Waals surface area (Å²) in [4.78, 5) is 11.2. The molecule has 6 nitrogen and oxygen atoms in total. The van der Waals surface area contributed by atoms with Crippen molar-refractivity contribution in [3.8, 4) is 0 Å². The number of rotatable bonds is 0. The Hall–Kier alpha value is -0.660. The van der Waals surface area contributed by atoms with E-state index in [0.717, 1.165) is 0 Å². The van der Waals surface area contributed by atoms with E-state index in [1.54, 1.807) is 27.7 Å². The first-order chi connectivity index (χ1) is 6.54. The molecule has 0 aromatic heterocycles. The predicted molar refractivity (Wildman–Crippen MR) is 52.4 cm³/mol. The van der Waals surface area contributed by atoms with Crippen LogP contribution in [0.25, 0.3) is 0 Å². The summed E-state index contributed by atoms with van der Waals surface area (Å²) in [6.45, 7) is 6.19. The highest BCUT2D eigenvalue weighted by Gasteiger charge is 2.65. The van der Waals surface area contributed by atoms with E-state index in [9.17, 15) is 13.2 Å². The molecule has 0 aliphatic carbocycles. The number of hydrogen-bond acceptors (Lipinski definition) is 4. The van der Waals surface area contributed by atoms with Crippen LogP contribution in [0.2, 0.25) is 0 Å². The molecule has 0 radical (unpaired) electrons. The molecule has 1 heterocycles. The van der Waals surface area contributed by atoms with E-state index < -0.39 is 31.9 Å². The second kappa shape index (κ2) is 3.16. The summed E-state index contributed by atoms with van der Waals surface area (Å²) >= 11 is 0. The standard InChI is InChI=1S/C8H15NO5S/c1-6-5-9(7(10)11,8(2,3)4)15(12,13)14-6/h6H,5H2,1-4H3/p+1. The molecule has 1 saturated heterocycles. The normalized spacial score (nSPS) is 35.3. The highest BCUT2D eigenvalue weighted by atomic mass is 32.2. The average Bonchev–Trinajstić information content (AvgIpc) is 2.18. The van der Waals surface area contributed by atoms with Crippen molar-refractivity contribution in [1.29, 1.82) is 0 Å². The summed E-state index contributed by atoms with van der Waals surface area (Å²) in [7, 11) is -4.12. The van der Waals surface area contributed by atoms with Gasteiger partial charge in [-0.2, -0.15) is 4.79 Å². The van der Waals surface area contributed by atoms with Crippen molar-refractivity contribution in [3.63, 3.8) is 0 Å². The minimum Gasteiger partial charge on any atom is -0.434 e. The third kappa shape index (κ3) is 1.54. The van der Waals surface area contributed by atoms with E-state index >= 15 is 0 Å². The van der Waals surface area contributed by atoms with Crippen molar-refractivity contribution in [2.75, 3.05) is 6.54 Å². The minimum atomic E-state index is -4.12. The SMILES string of the molecule is CC1C[N+](C(=O)O)(C(C)(C)C)S(=O)(=O)O1. The third-order valence-electron chi connectivity index (χ3n) is 2.57. The Bertz CT molecular complexity index is 382. The molecule has 15 heavy (non-hydrogen) atoms. The molecule has 7 heteroatoms. The van der Waals surface area contributed by atoms with Gasteiger partial charge in [-0.25, -0.2) is 4.18 Å². The quantitative estimate of drug-likeness (QED) is 0.635. The van der Waals surface area contributed by atoms with Crippen LogP contribution in [0.4, 0.5) is 4.79 Å². The van der Waals surface area contributed by atoms with Gasteiger partial charge in [0.15, 0.2) is 0 Å². The van der Waals surface area contributed by atoms with E-state index in [-0.39, 0.29) is 6.54 Å². The second-order valence-corrected chi connectivity index (χ2v) is 6.38. The Morgan fingerprint density at radius 1 is 1.47 bits per heavy atom. The first kappa shape index (κ1) is 12.4. The van der Waals surface area contributed by atoms with Crippen molar-refractivity contribution < 1.29 is 26.4 Å². The van der Waals surface area contributed by atoms with Crippen LogP contribution in [0.5, 0.6) is 0 Å². The van der Waals surface area contributed by atoms with E-state index in [1.165, 1.54) is 0 Å². The molecule has 1 fully saturated rings. The zero-order chi connectivity index (χ0) is 12.1. The van der Waals surface area contributed by atoms with Crippen molar-refractivity contribution >= 4 is 16.4 Å². The first-order valence-corrected chi connectivity index (χ1v) is 5.96. The number of nitrogens with zero attached hydrogens (tertiary/aromatic N) is 1. The number of quaternary nitrogens is 1. The molecule has 1 aliphatic rings. The molecule has 0 bridgehead atoms. The van der Waals surface area contributed by atoms with Gasteiger partial charge in [-0.05, 0) is 27.7 Å². The summed E-state index contributed by atoms with van der Waals surface area (Å²) < 4.78 is 27.2. The minimum absolute atomic E-state index is 0.0683. The molecule has 1 aliphatic heterocycles. The van der Waals surface area contributed by atoms with Crippen molar-refractivity contribution in [2.45, 2.75) is 39.3 Å². The highest BCUT2D eigenvalue weighted by molar-refractivity contribution is 7.81. The van der Waals surface area contributed by atoms with Crippen LogP contribution in [-0.2, 0) is 14.5 Å². The third-order valence-corrected chi connectivity index (χ3v) is 4.76. The van der Waals surface area contributed by atoms with E-state index in [4.69, 9.17) is 9.29 Å². The molecular formula is C8H16NO5S+. The molecule has 0 spiro atoms. The molecule has 88 valence electrons. The second-order valence-electron chi connectivity index (χ2n) is 4.71. The lowest BCUT2D eigenvalue weighted by atomic mass is 10.1. The largest absolute Gasteiger partial charge is 0.531 e. The van der Waals surface area contributed by atoms with Gasteiger partial charge < -0.3 is 5.11 Å². The van der Waals surface area contributed by atoms with Gasteiger partial charge in [-0.1, -0.05) is 3.89 Å². The summed E-state index contributed by atoms with van der Waals surface area (Å²) in [5, 5.41) is 9.17. The summed E-state index contributed by atoms with van der Waals surface area (Å²) in [5.41, 5.74) is -0.963. The Balaban J connectivity index is 3.44. The van der Waals surface area contributed by atoms with Crippen LogP contribution in [-0.4, -0.2) is 41.7 Å². The number of hydrogen-bond donors (Lipinski definition) is 1. The van der Waals surface area contributed by atoms with Crippen molar-refractivity contribution in [1.82, 2.24) is 0 Å². The van der Waals surface area contributed by atoms with Gasteiger partial charge in [0.05, 0.1) is 0 Å². The van der Waals surface area contributed by atoms with Gasteiger partial charge in [0.2, 0.25) is 0 Å². The van der Waals surface area contributed by atoms with Gasteiger partial charge in [-0.3, -0.25) is 0 Å². The fraction of sp³-hybridized carbons (Fsp3) is 0.875. The lowest BCUT2D eigenvalue weighted by molar-refractivity contribution is -0.779. The molecule has 1 rings (SSSR count). The van der Waals surface area contributed by atoms with Crippen LogP contribution in [0.1, 0.15) is 27.7 Å². The molecule has 2 unspecified atom stereocenters. The molecule has 1 N–H and O–H groups in total. The highest BCUT2D eigenvalue weighted by Crippen LogP contribution is 2.37. The Morgan fingerprint density at radius 2 is 1.93 bits per heavy atom. The maximum atomic E-state index is 11.8. The molecule has 0 saturated carbocycles. The fourth-order valence-electron chi connectivity index (χ4n) is 1.83.